The Kier molecular flexibility index (Phi) is 4.39. The largest absolute Gasteiger partial charge is 0.304 e. The molecular formula is C13H28ClP. The summed E-state index contributed by atoms with van der Waals surface area (Å²) in [5.74, 6) is 0. The van der Waals surface area contributed by atoms with Crippen LogP contribution in [-0.4, -0.2) is 15.5 Å². The minimum absolute atomic E-state index is 0.255. The van der Waals surface area contributed by atoms with Gasteiger partial charge in [0.05, 0.1) is 0 Å². The Balaban J connectivity index is 5.78. The van der Waals surface area contributed by atoms with Crippen LogP contribution in [-0.2, 0) is 0 Å². The van der Waals surface area contributed by atoms with Crippen molar-refractivity contribution >= 4 is 18.9 Å². The number of rotatable bonds is 1. The summed E-state index contributed by atoms with van der Waals surface area (Å²) in [6.45, 7) is 21.0. The van der Waals surface area contributed by atoms with Crippen LogP contribution in [0.1, 0.15) is 62.3 Å². The molecule has 0 amide bonds. The lowest BCUT2D eigenvalue weighted by molar-refractivity contribution is 0.626. The summed E-state index contributed by atoms with van der Waals surface area (Å²) in [6.07, 6.45) is 0. The van der Waals surface area contributed by atoms with Crippen LogP contribution in [0.4, 0.5) is 0 Å². The zero-order valence-electron chi connectivity index (χ0n) is 11.9. The molecule has 0 aromatic carbocycles. The SMILES string of the molecule is CC(C)(C)[P+]([CH-]Cl)(C(C)(C)C)C(C)(C)C. The fraction of sp³-hybridized carbons (Fsp3) is 0.923. The molecule has 0 spiro atoms. The van der Waals surface area contributed by atoms with E-state index in [9.17, 15) is 0 Å². The lowest BCUT2D eigenvalue weighted by Gasteiger charge is -2.60. The van der Waals surface area contributed by atoms with Gasteiger partial charge in [-0.15, -0.1) is 0 Å². The topological polar surface area (TPSA) is 0 Å². The van der Waals surface area contributed by atoms with E-state index in [4.69, 9.17) is 11.6 Å². The van der Waals surface area contributed by atoms with Crippen LogP contribution in [0.3, 0.4) is 0 Å². The van der Waals surface area contributed by atoms with Crippen molar-refractivity contribution in [2.75, 3.05) is 0 Å². The highest BCUT2D eigenvalue weighted by molar-refractivity contribution is 7.83. The third-order valence-corrected chi connectivity index (χ3v) is 10.8. The summed E-state index contributed by atoms with van der Waals surface area (Å²) in [4.78, 5) is 0. The van der Waals surface area contributed by atoms with Crippen LogP contribution >= 0.6 is 18.9 Å². The predicted octanol–water partition coefficient (Wildman–Crippen LogP) is 5.76. The summed E-state index contributed by atoms with van der Waals surface area (Å²) in [5, 5.41) is 0.766. The van der Waals surface area contributed by atoms with Gasteiger partial charge in [-0.3, -0.25) is 0 Å². The molecule has 0 aliphatic heterocycles. The van der Waals surface area contributed by atoms with Crippen LogP contribution in [0, 0.1) is 5.62 Å². The second-order valence-electron chi connectivity index (χ2n) is 7.33. The normalized spacial score (nSPS) is 15.6. The minimum atomic E-state index is -1.39. The maximum Gasteiger partial charge on any atom is 0.0472 e. The Morgan fingerprint density at radius 2 is 0.867 bits per heavy atom. The van der Waals surface area contributed by atoms with Gasteiger partial charge < -0.3 is 11.6 Å². The van der Waals surface area contributed by atoms with Gasteiger partial charge in [0, 0.05) is 15.5 Å². The molecular weight excluding hydrogens is 223 g/mol. The van der Waals surface area contributed by atoms with Crippen LogP contribution in [0.2, 0.25) is 0 Å². The molecule has 15 heavy (non-hydrogen) atoms. The Bertz CT molecular complexity index is 176. The Hall–Kier alpha value is 0.720. The van der Waals surface area contributed by atoms with Gasteiger partial charge in [-0.25, -0.2) is 0 Å². The fourth-order valence-corrected chi connectivity index (χ4v) is 13.0. The van der Waals surface area contributed by atoms with E-state index in [0.717, 1.165) is 0 Å². The summed E-state index contributed by atoms with van der Waals surface area (Å²) < 4.78 is 0. The first-order valence-electron chi connectivity index (χ1n) is 5.65. The fourth-order valence-electron chi connectivity index (χ4n) is 3.46. The van der Waals surface area contributed by atoms with Crippen molar-refractivity contribution < 1.29 is 0 Å². The maximum atomic E-state index is 6.30. The Labute approximate surface area is 103 Å². The second-order valence-corrected chi connectivity index (χ2v) is 13.6. The molecule has 0 N–H and O–H groups in total. The van der Waals surface area contributed by atoms with Gasteiger partial charge in [0.15, 0.2) is 0 Å². The van der Waals surface area contributed by atoms with Gasteiger partial charge in [-0.2, -0.15) is 0 Å². The molecule has 0 fully saturated rings. The van der Waals surface area contributed by atoms with Crippen LogP contribution in [0.15, 0.2) is 0 Å². The number of hydrogen-bond acceptors (Lipinski definition) is 0. The van der Waals surface area contributed by atoms with Crippen molar-refractivity contribution in [1.29, 1.82) is 0 Å². The first kappa shape index (κ1) is 15.7. The average Bonchev–Trinajstić information content (AvgIpc) is 1.76. The first-order valence-corrected chi connectivity index (χ1v) is 7.94. The summed E-state index contributed by atoms with van der Waals surface area (Å²) in [6, 6.07) is 0. The molecule has 0 heterocycles. The molecule has 92 valence electrons. The highest BCUT2D eigenvalue weighted by atomic mass is 35.5. The Morgan fingerprint density at radius 3 is 0.867 bits per heavy atom. The molecule has 0 saturated heterocycles. The van der Waals surface area contributed by atoms with E-state index in [0.29, 0.717) is 0 Å². The van der Waals surface area contributed by atoms with E-state index < -0.39 is 7.26 Å². The zero-order valence-corrected chi connectivity index (χ0v) is 13.6. The molecule has 0 aromatic heterocycles. The molecule has 0 atom stereocenters. The molecule has 0 nitrogen and oxygen atoms in total. The number of hydrogen-bond donors (Lipinski definition) is 0. The highest BCUT2D eigenvalue weighted by Crippen LogP contribution is 2.85. The van der Waals surface area contributed by atoms with Gasteiger partial charge in [0.25, 0.3) is 0 Å². The standard InChI is InChI=1S/C13H28ClP/c1-11(2,3)15(10-14,12(4,5)6)13(7,8)9/h10H,1-9H3. The van der Waals surface area contributed by atoms with Crippen LogP contribution < -0.4 is 0 Å². The molecule has 0 bridgehead atoms. The molecule has 0 aromatic rings. The quantitative estimate of drug-likeness (QED) is 0.410. The van der Waals surface area contributed by atoms with Crippen molar-refractivity contribution in [3.63, 3.8) is 0 Å². The van der Waals surface area contributed by atoms with E-state index in [-0.39, 0.29) is 15.5 Å². The average molecular weight is 251 g/mol. The lowest BCUT2D eigenvalue weighted by atomic mass is 10.2. The van der Waals surface area contributed by atoms with Gasteiger partial charge in [-0.1, -0.05) is 12.9 Å². The van der Waals surface area contributed by atoms with Crippen molar-refractivity contribution in [1.82, 2.24) is 0 Å². The van der Waals surface area contributed by atoms with E-state index >= 15 is 0 Å². The summed E-state index contributed by atoms with van der Waals surface area (Å²) in [7, 11) is -1.39. The van der Waals surface area contributed by atoms with Crippen molar-refractivity contribution in [2.45, 2.75) is 77.8 Å². The van der Waals surface area contributed by atoms with Crippen molar-refractivity contribution in [3.05, 3.63) is 5.62 Å². The van der Waals surface area contributed by atoms with Crippen molar-refractivity contribution in [3.8, 4) is 0 Å². The molecule has 0 unspecified atom stereocenters. The monoisotopic (exact) mass is 250 g/mol. The van der Waals surface area contributed by atoms with E-state index in [1.54, 1.807) is 0 Å². The van der Waals surface area contributed by atoms with Crippen LogP contribution in [0.5, 0.6) is 0 Å². The van der Waals surface area contributed by atoms with E-state index in [2.05, 4.69) is 62.3 Å². The molecule has 0 aliphatic rings. The van der Waals surface area contributed by atoms with Crippen LogP contribution in [0.25, 0.3) is 0 Å². The van der Waals surface area contributed by atoms with Crippen molar-refractivity contribution in [2.24, 2.45) is 0 Å². The third-order valence-electron chi connectivity index (χ3n) is 3.32. The zero-order chi connectivity index (χ0) is 12.7. The van der Waals surface area contributed by atoms with E-state index in [1.165, 1.54) is 0 Å². The Morgan fingerprint density at radius 1 is 0.667 bits per heavy atom. The number of halogens is 1. The lowest BCUT2D eigenvalue weighted by Crippen LogP contribution is -2.43. The maximum absolute atomic E-state index is 6.30. The van der Waals surface area contributed by atoms with Gasteiger partial charge in [-0.05, 0) is 62.3 Å². The van der Waals surface area contributed by atoms with E-state index in [1.807, 2.05) is 5.62 Å². The van der Waals surface area contributed by atoms with Gasteiger partial charge in [0.2, 0.25) is 0 Å². The first-order chi connectivity index (χ1) is 6.31. The third kappa shape index (κ3) is 2.52. The van der Waals surface area contributed by atoms with Gasteiger partial charge in [0.1, 0.15) is 0 Å². The van der Waals surface area contributed by atoms with Gasteiger partial charge >= 0.3 is 0 Å². The molecule has 0 aliphatic carbocycles. The summed E-state index contributed by atoms with van der Waals surface area (Å²) >= 11 is 6.30. The highest BCUT2D eigenvalue weighted by Gasteiger charge is 2.57. The molecule has 0 saturated carbocycles. The smallest absolute Gasteiger partial charge is 0.0472 e. The molecule has 0 rings (SSSR count). The summed E-state index contributed by atoms with van der Waals surface area (Å²) in [5.41, 5.74) is 2.02. The minimum Gasteiger partial charge on any atom is -0.304 e. The molecule has 2 heteroatoms. The predicted molar refractivity (Wildman–Crippen MR) is 76.3 cm³/mol. The second kappa shape index (κ2) is 4.19. The molecule has 0 radical (unpaired) electrons.